The highest BCUT2D eigenvalue weighted by molar-refractivity contribution is 7.80. The molecule has 126 valence electrons. The molecule has 0 aliphatic carbocycles. The van der Waals surface area contributed by atoms with Crippen molar-refractivity contribution in [3.8, 4) is 0 Å². The van der Waals surface area contributed by atoms with E-state index in [1.54, 1.807) is 30.3 Å². The van der Waals surface area contributed by atoms with Crippen molar-refractivity contribution < 1.29 is 9.21 Å². The summed E-state index contributed by atoms with van der Waals surface area (Å²) >= 11 is 17.0. The molecule has 0 spiro atoms. The van der Waals surface area contributed by atoms with Crippen LogP contribution in [0.1, 0.15) is 10.4 Å². The van der Waals surface area contributed by atoms with Gasteiger partial charge in [0.1, 0.15) is 5.58 Å². The first-order chi connectivity index (χ1) is 11.9. The van der Waals surface area contributed by atoms with Crippen molar-refractivity contribution in [2.75, 3.05) is 5.32 Å². The molecule has 0 saturated carbocycles. The lowest BCUT2D eigenvalue weighted by Crippen LogP contribution is -2.34. The number of hydrogen-bond acceptors (Lipinski definition) is 4. The van der Waals surface area contributed by atoms with Crippen LogP contribution in [0.4, 0.5) is 5.69 Å². The smallest absolute Gasteiger partial charge is 0.336 e. The van der Waals surface area contributed by atoms with Gasteiger partial charge in [-0.1, -0.05) is 23.2 Å². The number of anilines is 1. The molecule has 0 aliphatic rings. The Balaban J connectivity index is 1.74. The maximum Gasteiger partial charge on any atom is 0.336 e. The fraction of sp³-hybridized carbons (Fsp3) is 0. The summed E-state index contributed by atoms with van der Waals surface area (Å²) in [5, 5.41) is 6.90. The van der Waals surface area contributed by atoms with Gasteiger partial charge in [-0.3, -0.25) is 10.1 Å². The number of amides is 1. The molecule has 1 heterocycles. The fourth-order valence-electron chi connectivity index (χ4n) is 2.15. The van der Waals surface area contributed by atoms with Gasteiger partial charge in [0.2, 0.25) is 0 Å². The lowest BCUT2D eigenvalue weighted by molar-refractivity contribution is 0.0978. The van der Waals surface area contributed by atoms with E-state index >= 15 is 0 Å². The molecule has 5 nitrogen and oxygen atoms in total. The minimum absolute atomic E-state index is 0.0952. The molecule has 25 heavy (non-hydrogen) atoms. The molecule has 0 fully saturated rings. The number of fused-ring (bicyclic) bond motifs is 1. The van der Waals surface area contributed by atoms with Crippen molar-refractivity contribution in [2.45, 2.75) is 0 Å². The fourth-order valence-corrected chi connectivity index (χ4v) is 2.74. The molecule has 2 N–H and O–H groups in total. The summed E-state index contributed by atoms with van der Waals surface area (Å²) < 4.78 is 5.06. The SMILES string of the molecule is O=C(NC(=S)Nc1ccc2oc(=O)ccc2c1)c1cc(Cl)ccc1Cl. The van der Waals surface area contributed by atoms with Gasteiger partial charge in [-0.15, -0.1) is 0 Å². The second-order valence-electron chi connectivity index (χ2n) is 5.04. The molecule has 0 radical (unpaired) electrons. The van der Waals surface area contributed by atoms with Gasteiger partial charge in [0.05, 0.1) is 10.6 Å². The first kappa shape index (κ1) is 17.4. The summed E-state index contributed by atoms with van der Waals surface area (Å²) in [6, 6.07) is 12.6. The standard InChI is InChI=1S/C17H10Cl2N2O3S/c18-10-2-4-13(19)12(8-10)16(23)21-17(25)20-11-3-5-14-9(7-11)1-6-15(22)24-14/h1-8H,(H2,20,21,23,25). The first-order valence-corrected chi connectivity index (χ1v) is 8.20. The molecule has 1 aromatic heterocycles. The molecule has 2 aromatic carbocycles. The zero-order chi connectivity index (χ0) is 18.0. The second-order valence-corrected chi connectivity index (χ2v) is 6.29. The van der Waals surface area contributed by atoms with E-state index < -0.39 is 11.5 Å². The van der Waals surface area contributed by atoms with Crippen molar-refractivity contribution in [3.05, 3.63) is 74.6 Å². The van der Waals surface area contributed by atoms with Gasteiger partial charge in [-0.05, 0) is 54.7 Å². The summed E-state index contributed by atoms with van der Waals surface area (Å²) in [6.07, 6.45) is 0. The highest BCUT2D eigenvalue weighted by Crippen LogP contribution is 2.21. The maximum atomic E-state index is 12.2. The molecule has 3 rings (SSSR count). The van der Waals surface area contributed by atoms with Gasteiger partial charge in [0.25, 0.3) is 5.91 Å². The average molecular weight is 393 g/mol. The molecular weight excluding hydrogens is 383 g/mol. The van der Waals surface area contributed by atoms with E-state index in [9.17, 15) is 9.59 Å². The Labute approximate surface area is 157 Å². The Bertz CT molecular complexity index is 1050. The number of halogens is 2. The van der Waals surface area contributed by atoms with Crippen molar-refractivity contribution in [1.82, 2.24) is 5.32 Å². The van der Waals surface area contributed by atoms with E-state index in [4.69, 9.17) is 39.8 Å². The topological polar surface area (TPSA) is 71.3 Å². The lowest BCUT2D eigenvalue weighted by atomic mass is 10.2. The van der Waals surface area contributed by atoms with Gasteiger partial charge in [-0.2, -0.15) is 0 Å². The number of nitrogens with one attached hydrogen (secondary N) is 2. The minimum Gasteiger partial charge on any atom is -0.423 e. The highest BCUT2D eigenvalue weighted by Gasteiger charge is 2.13. The predicted octanol–water partition coefficient (Wildman–Crippen LogP) is 4.23. The predicted molar refractivity (Wildman–Crippen MR) is 103 cm³/mol. The van der Waals surface area contributed by atoms with Gasteiger partial charge >= 0.3 is 5.63 Å². The van der Waals surface area contributed by atoms with Crippen LogP contribution in [-0.2, 0) is 0 Å². The zero-order valence-electron chi connectivity index (χ0n) is 12.5. The Morgan fingerprint density at radius 3 is 2.64 bits per heavy atom. The average Bonchev–Trinajstić information content (AvgIpc) is 2.57. The lowest BCUT2D eigenvalue weighted by Gasteiger charge is -2.11. The molecule has 1 amide bonds. The van der Waals surface area contributed by atoms with Gasteiger partial charge in [0, 0.05) is 22.2 Å². The summed E-state index contributed by atoms with van der Waals surface area (Å²) in [5.74, 6) is -0.475. The Kier molecular flexibility index (Phi) is 5.03. The Morgan fingerprint density at radius 2 is 1.84 bits per heavy atom. The van der Waals surface area contributed by atoms with E-state index in [2.05, 4.69) is 10.6 Å². The van der Waals surface area contributed by atoms with Crippen LogP contribution < -0.4 is 16.3 Å². The monoisotopic (exact) mass is 392 g/mol. The van der Waals surface area contributed by atoms with Crippen molar-refractivity contribution in [1.29, 1.82) is 0 Å². The largest absolute Gasteiger partial charge is 0.423 e. The van der Waals surface area contributed by atoms with Gasteiger partial charge < -0.3 is 9.73 Å². The van der Waals surface area contributed by atoms with Crippen molar-refractivity contribution in [3.63, 3.8) is 0 Å². The molecule has 8 heteroatoms. The van der Waals surface area contributed by atoms with E-state index in [1.807, 2.05) is 0 Å². The van der Waals surface area contributed by atoms with Crippen molar-refractivity contribution in [2.24, 2.45) is 0 Å². The number of carbonyl (C=O) groups is 1. The summed E-state index contributed by atoms with van der Waals surface area (Å²) in [4.78, 5) is 23.4. The van der Waals surface area contributed by atoms with E-state index in [0.29, 0.717) is 16.3 Å². The molecule has 0 bridgehead atoms. The van der Waals surface area contributed by atoms with Crippen LogP contribution in [-0.4, -0.2) is 11.0 Å². The number of thiocarbonyl (C=S) groups is 1. The number of hydrogen-bond donors (Lipinski definition) is 2. The second kappa shape index (κ2) is 7.23. The Morgan fingerprint density at radius 1 is 1.04 bits per heavy atom. The normalized spacial score (nSPS) is 10.5. The summed E-state index contributed by atoms with van der Waals surface area (Å²) in [7, 11) is 0. The van der Waals surface area contributed by atoms with E-state index in [0.717, 1.165) is 5.39 Å². The first-order valence-electron chi connectivity index (χ1n) is 7.04. The van der Waals surface area contributed by atoms with Gasteiger partial charge in [-0.25, -0.2) is 4.79 Å². The van der Waals surface area contributed by atoms with Crippen LogP contribution >= 0.6 is 35.4 Å². The zero-order valence-corrected chi connectivity index (χ0v) is 14.8. The van der Waals surface area contributed by atoms with E-state index in [1.165, 1.54) is 18.2 Å². The van der Waals surface area contributed by atoms with Gasteiger partial charge in [0.15, 0.2) is 5.11 Å². The number of benzene rings is 2. The van der Waals surface area contributed by atoms with Crippen molar-refractivity contribution >= 4 is 63.1 Å². The van der Waals surface area contributed by atoms with Crippen LogP contribution in [0.3, 0.4) is 0 Å². The number of carbonyl (C=O) groups excluding carboxylic acids is 1. The van der Waals surface area contributed by atoms with Crippen LogP contribution in [0.2, 0.25) is 10.0 Å². The summed E-state index contributed by atoms with van der Waals surface area (Å²) in [6.45, 7) is 0. The Hall–Kier alpha value is -2.41. The molecule has 0 aliphatic heterocycles. The molecule has 0 unspecified atom stereocenters. The molecule has 0 atom stereocenters. The third-order valence-corrected chi connectivity index (χ3v) is 4.05. The number of rotatable bonds is 2. The van der Waals surface area contributed by atoms with Crippen LogP contribution in [0, 0.1) is 0 Å². The third kappa shape index (κ3) is 4.17. The molecule has 3 aromatic rings. The van der Waals surface area contributed by atoms with E-state index in [-0.39, 0.29) is 15.7 Å². The van der Waals surface area contributed by atoms with Crippen LogP contribution in [0.25, 0.3) is 11.0 Å². The van der Waals surface area contributed by atoms with Crippen LogP contribution in [0.15, 0.2) is 57.7 Å². The molecular formula is C17H10Cl2N2O3S. The highest BCUT2D eigenvalue weighted by atomic mass is 35.5. The van der Waals surface area contributed by atoms with Crippen LogP contribution in [0.5, 0.6) is 0 Å². The maximum absolute atomic E-state index is 12.2. The summed E-state index contributed by atoms with van der Waals surface area (Å²) in [5.41, 5.74) is 0.885. The third-order valence-electron chi connectivity index (χ3n) is 3.28. The quantitative estimate of drug-likeness (QED) is 0.504. The molecule has 0 saturated heterocycles. The minimum atomic E-state index is -0.475.